The highest BCUT2D eigenvalue weighted by Gasteiger charge is 2.15. The molecule has 3 rings (SSSR count). The maximum absolute atomic E-state index is 11.6. The third-order valence-electron chi connectivity index (χ3n) is 2.99. The van der Waals surface area contributed by atoms with Gasteiger partial charge in [-0.25, -0.2) is 4.79 Å². The molecule has 5 nitrogen and oxygen atoms in total. The molecular formula is C16H13NO4S. The molecule has 0 amide bonds. The summed E-state index contributed by atoms with van der Waals surface area (Å²) < 4.78 is 15.6. The van der Waals surface area contributed by atoms with Gasteiger partial charge in [0.05, 0.1) is 7.11 Å². The Morgan fingerprint density at radius 1 is 1.27 bits per heavy atom. The van der Waals surface area contributed by atoms with Gasteiger partial charge in [-0.2, -0.15) is 0 Å². The fraction of sp³-hybridized carbons (Fsp3) is 0.125. The molecule has 2 aromatic heterocycles. The minimum Gasteiger partial charge on any atom is -0.485 e. The van der Waals surface area contributed by atoms with Crippen LogP contribution in [0.3, 0.4) is 0 Å². The molecule has 0 spiro atoms. The minimum atomic E-state index is -0.407. The van der Waals surface area contributed by atoms with E-state index in [1.807, 2.05) is 36.4 Å². The fourth-order valence-electron chi connectivity index (χ4n) is 1.92. The number of thiophene rings is 1. The van der Waals surface area contributed by atoms with Crippen molar-refractivity contribution in [1.29, 1.82) is 0 Å². The largest absolute Gasteiger partial charge is 0.485 e. The van der Waals surface area contributed by atoms with Gasteiger partial charge in [0.2, 0.25) is 0 Å². The predicted octanol–water partition coefficient (Wildman–Crippen LogP) is 3.77. The standard InChI is InChI=1S/C16H13NO4S/c1-19-16(18)15-13(7-8-22-15)20-10-12-9-14(21-17-12)11-5-3-2-4-6-11/h2-9H,10H2,1H3. The molecule has 0 aliphatic heterocycles. The van der Waals surface area contributed by atoms with Crippen LogP contribution in [-0.4, -0.2) is 18.2 Å². The van der Waals surface area contributed by atoms with Crippen LogP contribution in [0.4, 0.5) is 0 Å². The van der Waals surface area contributed by atoms with Crippen LogP contribution in [0, 0.1) is 0 Å². The van der Waals surface area contributed by atoms with E-state index in [2.05, 4.69) is 5.16 Å². The van der Waals surface area contributed by atoms with Gasteiger partial charge in [-0.15, -0.1) is 11.3 Å². The highest BCUT2D eigenvalue weighted by atomic mass is 32.1. The van der Waals surface area contributed by atoms with Crippen LogP contribution < -0.4 is 4.74 Å². The smallest absolute Gasteiger partial charge is 0.351 e. The van der Waals surface area contributed by atoms with E-state index in [1.165, 1.54) is 18.4 Å². The Hall–Kier alpha value is -2.60. The molecule has 0 fully saturated rings. The van der Waals surface area contributed by atoms with E-state index in [0.717, 1.165) is 5.56 Å². The number of esters is 1. The molecule has 6 heteroatoms. The second-order valence-corrected chi connectivity index (χ2v) is 5.36. The van der Waals surface area contributed by atoms with Gasteiger partial charge in [0.15, 0.2) is 10.6 Å². The van der Waals surface area contributed by atoms with Gasteiger partial charge in [-0.3, -0.25) is 0 Å². The molecule has 1 aromatic carbocycles. The average molecular weight is 315 g/mol. The second-order valence-electron chi connectivity index (χ2n) is 4.44. The Labute approximate surface area is 131 Å². The summed E-state index contributed by atoms with van der Waals surface area (Å²) in [7, 11) is 1.34. The topological polar surface area (TPSA) is 61.6 Å². The van der Waals surface area contributed by atoms with Crippen molar-refractivity contribution in [3.8, 4) is 17.1 Å². The Balaban J connectivity index is 1.69. The van der Waals surface area contributed by atoms with Crippen molar-refractivity contribution >= 4 is 17.3 Å². The van der Waals surface area contributed by atoms with Crippen LogP contribution in [0.15, 0.2) is 52.4 Å². The lowest BCUT2D eigenvalue weighted by molar-refractivity contribution is 0.0601. The monoisotopic (exact) mass is 315 g/mol. The number of benzene rings is 1. The average Bonchev–Trinajstić information content (AvgIpc) is 3.22. The molecule has 0 N–H and O–H groups in total. The third kappa shape index (κ3) is 3.01. The van der Waals surface area contributed by atoms with Crippen LogP contribution in [0.5, 0.6) is 5.75 Å². The fourth-order valence-corrected chi connectivity index (χ4v) is 2.67. The summed E-state index contributed by atoms with van der Waals surface area (Å²) in [5, 5.41) is 5.75. The molecule has 0 atom stereocenters. The van der Waals surface area contributed by atoms with Gasteiger partial charge in [0, 0.05) is 11.6 Å². The van der Waals surface area contributed by atoms with Crippen molar-refractivity contribution in [2.24, 2.45) is 0 Å². The van der Waals surface area contributed by atoms with Crippen molar-refractivity contribution in [3.05, 3.63) is 58.4 Å². The number of rotatable bonds is 5. The summed E-state index contributed by atoms with van der Waals surface area (Å²) >= 11 is 1.28. The van der Waals surface area contributed by atoms with Crippen molar-refractivity contribution in [2.45, 2.75) is 6.61 Å². The maximum atomic E-state index is 11.6. The van der Waals surface area contributed by atoms with E-state index in [9.17, 15) is 4.79 Å². The number of carbonyl (C=O) groups is 1. The van der Waals surface area contributed by atoms with E-state index < -0.39 is 5.97 Å². The first-order chi connectivity index (χ1) is 10.8. The molecule has 0 saturated heterocycles. The summed E-state index contributed by atoms with van der Waals surface area (Å²) in [6, 6.07) is 13.2. The van der Waals surface area contributed by atoms with E-state index in [0.29, 0.717) is 22.1 Å². The molecule has 3 aromatic rings. The zero-order valence-corrected chi connectivity index (χ0v) is 12.6. The van der Waals surface area contributed by atoms with Crippen LogP contribution in [0.25, 0.3) is 11.3 Å². The number of methoxy groups -OCH3 is 1. The number of ether oxygens (including phenoxy) is 2. The molecular weight excluding hydrogens is 302 g/mol. The summed E-state index contributed by atoms with van der Waals surface area (Å²) in [5.41, 5.74) is 1.60. The van der Waals surface area contributed by atoms with Gasteiger partial charge < -0.3 is 14.0 Å². The van der Waals surface area contributed by atoms with Crippen LogP contribution in [-0.2, 0) is 11.3 Å². The van der Waals surface area contributed by atoms with Crippen LogP contribution >= 0.6 is 11.3 Å². The zero-order chi connectivity index (χ0) is 15.4. The first-order valence-corrected chi connectivity index (χ1v) is 7.45. The lowest BCUT2D eigenvalue weighted by Gasteiger charge is -2.03. The number of aromatic nitrogens is 1. The van der Waals surface area contributed by atoms with Crippen molar-refractivity contribution in [3.63, 3.8) is 0 Å². The number of nitrogens with zero attached hydrogens (tertiary/aromatic N) is 1. The van der Waals surface area contributed by atoms with Crippen LogP contribution in [0.2, 0.25) is 0 Å². The van der Waals surface area contributed by atoms with Crippen molar-refractivity contribution < 1.29 is 18.8 Å². The van der Waals surface area contributed by atoms with Crippen molar-refractivity contribution in [1.82, 2.24) is 5.16 Å². The zero-order valence-electron chi connectivity index (χ0n) is 11.8. The molecule has 2 heterocycles. The molecule has 0 aliphatic carbocycles. The van der Waals surface area contributed by atoms with Gasteiger partial charge in [-0.1, -0.05) is 35.5 Å². The normalized spacial score (nSPS) is 10.4. The Morgan fingerprint density at radius 3 is 2.86 bits per heavy atom. The molecule has 0 unspecified atom stereocenters. The van der Waals surface area contributed by atoms with Gasteiger partial charge >= 0.3 is 5.97 Å². The highest BCUT2D eigenvalue weighted by molar-refractivity contribution is 7.12. The lowest BCUT2D eigenvalue weighted by Crippen LogP contribution is -2.02. The Bertz CT molecular complexity index is 763. The summed E-state index contributed by atoms with van der Waals surface area (Å²) in [6.45, 7) is 0.219. The van der Waals surface area contributed by atoms with E-state index in [1.54, 1.807) is 11.4 Å². The van der Waals surface area contributed by atoms with E-state index in [-0.39, 0.29) is 6.61 Å². The van der Waals surface area contributed by atoms with Crippen molar-refractivity contribution in [2.75, 3.05) is 7.11 Å². The molecule has 0 aliphatic rings. The number of hydrogen-bond acceptors (Lipinski definition) is 6. The first-order valence-electron chi connectivity index (χ1n) is 6.57. The molecule has 112 valence electrons. The quantitative estimate of drug-likeness (QED) is 0.671. The maximum Gasteiger partial charge on any atom is 0.351 e. The highest BCUT2D eigenvalue weighted by Crippen LogP contribution is 2.27. The second kappa shape index (κ2) is 6.44. The van der Waals surface area contributed by atoms with Gasteiger partial charge in [0.25, 0.3) is 0 Å². The number of carbonyl (C=O) groups excluding carboxylic acids is 1. The number of hydrogen-bond donors (Lipinski definition) is 0. The lowest BCUT2D eigenvalue weighted by atomic mass is 10.2. The Morgan fingerprint density at radius 2 is 2.09 bits per heavy atom. The minimum absolute atomic E-state index is 0.219. The molecule has 0 saturated carbocycles. The molecule has 0 radical (unpaired) electrons. The third-order valence-corrected chi connectivity index (χ3v) is 3.87. The van der Waals surface area contributed by atoms with Gasteiger partial charge in [-0.05, 0) is 11.4 Å². The first kappa shape index (κ1) is 14.3. The van der Waals surface area contributed by atoms with E-state index in [4.69, 9.17) is 14.0 Å². The van der Waals surface area contributed by atoms with Gasteiger partial charge in [0.1, 0.15) is 18.1 Å². The Kier molecular flexibility index (Phi) is 4.20. The summed E-state index contributed by atoms with van der Waals surface area (Å²) in [5.74, 6) is 0.758. The summed E-state index contributed by atoms with van der Waals surface area (Å²) in [6.07, 6.45) is 0. The summed E-state index contributed by atoms with van der Waals surface area (Å²) in [4.78, 5) is 12.0. The van der Waals surface area contributed by atoms with E-state index >= 15 is 0 Å². The predicted molar refractivity (Wildman–Crippen MR) is 81.9 cm³/mol. The molecule has 0 bridgehead atoms. The SMILES string of the molecule is COC(=O)c1sccc1OCc1cc(-c2ccccc2)on1. The van der Waals surface area contributed by atoms with Crippen LogP contribution in [0.1, 0.15) is 15.4 Å². The molecule has 22 heavy (non-hydrogen) atoms.